The monoisotopic (exact) mass is 475 g/mol. The molecule has 0 N–H and O–H groups in total. The molecule has 33 heavy (non-hydrogen) atoms. The lowest BCUT2D eigenvalue weighted by molar-refractivity contribution is -0.253. The van der Waals surface area contributed by atoms with Gasteiger partial charge in [0.15, 0.2) is 13.1 Å². The van der Waals surface area contributed by atoms with Crippen molar-refractivity contribution in [3.05, 3.63) is 0 Å². The first-order valence-corrected chi connectivity index (χ1v) is 11.7. The molecule has 190 valence electrons. The van der Waals surface area contributed by atoms with Crippen molar-refractivity contribution in [2.45, 2.75) is 69.2 Å². The minimum Gasteiger partial charge on any atom is -0.468 e. The third kappa shape index (κ3) is 8.13. The fourth-order valence-electron chi connectivity index (χ4n) is 4.23. The van der Waals surface area contributed by atoms with Crippen LogP contribution in [-0.4, -0.2) is 108 Å². The van der Waals surface area contributed by atoms with Crippen LogP contribution in [-0.2, 0) is 47.5 Å². The van der Waals surface area contributed by atoms with Crippen LogP contribution in [0.25, 0.3) is 0 Å². The van der Waals surface area contributed by atoms with Gasteiger partial charge in [-0.15, -0.1) is 0 Å². The fourth-order valence-corrected chi connectivity index (χ4v) is 4.23. The van der Waals surface area contributed by atoms with Crippen LogP contribution in [0, 0.1) is 0 Å². The molecule has 0 aromatic heterocycles. The van der Waals surface area contributed by atoms with E-state index in [1.165, 1.54) is 14.2 Å². The van der Waals surface area contributed by atoms with E-state index in [4.69, 9.17) is 28.4 Å². The highest BCUT2D eigenvalue weighted by molar-refractivity contribution is 5.74. The summed E-state index contributed by atoms with van der Waals surface area (Å²) in [5.41, 5.74) is 0. The predicted molar refractivity (Wildman–Crippen MR) is 113 cm³/mol. The zero-order chi connectivity index (χ0) is 23.5. The molecule has 0 aliphatic carbocycles. The summed E-state index contributed by atoms with van der Waals surface area (Å²) >= 11 is 0. The van der Waals surface area contributed by atoms with Crippen LogP contribution < -0.4 is 0 Å². The fraction of sp³-hybridized carbons (Fsp3) is 0.909. The van der Waals surface area contributed by atoms with Gasteiger partial charge in [-0.3, -0.25) is 14.5 Å². The molecule has 0 spiro atoms. The first kappa shape index (κ1) is 26.3. The average Bonchev–Trinajstić information content (AvgIpc) is 3.42. The van der Waals surface area contributed by atoms with Gasteiger partial charge in [-0.2, -0.15) is 0 Å². The molecule has 3 rings (SSSR count). The number of hydrogen-bond acceptors (Lipinski definition) is 11. The zero-order valence-corrected chi connectivity index (χ0v) is 19.6. The molecule has 0 aromatic carbocycles. The Labute approximate surface area is 194 Å². The number of rotatable bonds is 15. The van der Waals surface area contributed by atoms with E-state index in [2.05, 4.69) is 9.47 Å². The third-order valence-electron chi connectivity index (χ3n) is 6.06. The molecule has 0 amide bonds. The number of methoxy groups -OCH3 is 2. The number of esters is 2. The highest BCUT2D eigenvalue weighted by Gasteiger charge is 2.54. The third-order valence-corrected chi connectivity index (χ3v) is 6.06. The Hall–Kier alpha value is -1.34. The maximum absolute atomic E-state index is 11.5. The Bertz CT molecular complexity index is 588. The van der Waals surface area contributed by atoms with E-state index in [1.807, 2.05) is 0 Å². The van der Waals surface area contributed by atoms with Gasteiger partial charge in [-0.1, -0.05) is 25.7 Å². The van der Waals surface area contributed by atoms with Gasteiger partial charge in [0.05, 0.1) is 33.9 Å². The summed E-state index contributed by atoms with van der Waals surface area (Å²) in [4.78, 5) is 24.7. The van der Waals surface area contributed by atoms with Crippen molar-refractivity contribution < 1.29 is 47.5 Å². The van der Waals surface area contributed by atoms with Gasteiger partial charge in [0.25, 0.3) is 0 Å². The predicted octanol–water partition coefficient (Wildman–Crippen LogP) is 0.831. The molecular weight excluding hydrogens is 438 g/mol. The Morgan fingerprint density at radius 3 is 2.15 bits per heavy atom. The molecular formula is C22H37NO10. The second-order valence-electron chi connectivity index (χ2n) is 8.40. The van der Waals surface area contributed by atoms with Crippen molar-refractivity contribution in [3.8, 4) is 0 Å². The van der Waals surface area contributed by atoms with Crippen LogP contribution in [0.15, 0.2) is 0 Å². The summed E-state index contributed by atoms with van der Waals surface area (Å²) in [6.07, 6.45) is 5.05. The zero-order valence-electron chi connectivity index (χ0n) is 19.6. The van der Waals surface area contributed by atoms with E-state index >= 15 is 0 Å². The summed E-state index contributed by atoms with van der Waals surface area (Å²) in [6.45, 7) is 2.41. The smallest absolute Gasteiger partial charge is 0.319 e. The van der Waals surface area contributed by atoms with Gasteiger partial charge < -0.3 is 37.9 Å². The normalized spacial score (nSPS) is 28.5. The Morgan fingerprint density at radius 1 is 0.788 bits per heavy atom. The topological polar surface area (TPSA) is 111 Å². The number of nitrogens with zero attached hydrogens (tertiary/aromatic N) is 1. The summed E-state index contributed by atoms with van der Waals surface area (Å²) in [7, 11) is 2.68. The SMILES string of the molecule is COC(=O)CN(CCCCCCCCOC[C@H]1OCO[C@@H]2[C@H]3OCO[C@H]3O[C@@H]21)CC(=O)OC. The van der Waals surface area contributed by atoms with Gasteiger partial charge in [0.2, 0.25) is 0 Å². The lowest BCUT2D eigenvalue weighted by Crippen LogP contribution is -2.49. The summed E-state index contributed by atoms with van der Waals surface area (Å²) in [5.74, 6) is -0.714. The van der Waals surface area contributed by atoms with Crippen molar-refractivity contribution in [2.75, 3.05) is 60.7 Å². The van der Waals surface area contributed by atoms with E-state index < -0.39 is 0 Å². The minimum atomic E-state index is -0.378. The number of ether oxygens (including phenoxy) is 8. The van der Waals surface area contributed by atoms with Crippen LogP contribution >= 0.6 is 0 Å². The van der Waals surface area contributed by atoms with Gasteiger partial charge in [0.1, 0.15) is 31.2 Å². The maximum atomic E-state index is 11.5. The van der Waals surface area contributed by atoms with Crippen molar-refractivity contribution in [2.24, 2.45) is 0 Å². The van der Waals surface area contributed by atoms with Crippen LogP contribution in [0.2, 0.25) is 0 Å². The van der Waals surface area contributed by atoms with Crippen molar-refractivity contribution in [1.82, 2.24) is 4.90 Å². The first-order chi connectivity index (χ1) is 16.1. The number of fused-ring (bicyclic) bond motifs is 3. The van der Waals surface area contributed by atoms with E-state index in [9.17, 15) is 9.59 Å². The molecule has 0 saturated carbocycles. The largest absolute Gasteiger partial charge is 0.468 e. The van der Waals surface area contributed by atoms with Gasteiger partial charge in [-0.25, -0.2) is 0 Å². The van der Waals surface area contributed by atoms with Gasteiger partial charge >= 0.3 is 11.9 Å². The van der Waals surface area contributed by atoms with Crippen molar-refractivity contribution in [3.63, 3.8) is 0 Å². The Morgan fingerprint density at radius 2 is 1.42 bits per heavy atom. The Kier molecular flexibility index (Phi) is 11.3. The lowest BCUT2D eigenvalue weighted by atomic mass is 10.1. The molecule has 3 saturated heterocycles. The molecule has 3 aliphatic rings. The molecule has 3 fully saturated rings. The van der Waals surface area contributed by atoms with Crippen LogP contribution in [0.1, 0.15) is 38.5 Å². The van der Waals surface area contributed by atoms with E-state index in [0.29, 0.717) is 19.8 Å². The van der Waals surface area contributed by atoms with E-state index in [0.717, 1.165) is 38.5 Å². The average molecular weight is 476 g/mol. The molecule has 3 heterocycles. The molecule has 11 nitrogen and oxygen atoms in total. The van der Waals surface area contributed by atoms with E-state index in [-0.39, 0.29) is 69.3 Å². The number of unbranched alkanes of at least 4 members (excludes halogenated alkanes) is 5. The van der Waals surface area contributed by atoms with Crippen LogP contribution in [0.5, 0.6) is 0 Å². The summed E-state index contributed by atoms with van der Waals surface area (Å²) in [6, 6.07) is 0. The molecule has 0 radical (unpaired) electrons. The number of carbonyl (C=O) groups excluding carboxylic acids is 2. The number of hydrogen-bond donors (Lipinski definition) is 0. The number of carbonyl (C=O) groups is 2. The summed E-state index contributed by atoms with van der Waals surface area (Å²) < 4.78 is 43.3. The van der Waals surface area contributed by atoms with Crippen LogP contribution in [0.4, 0.5) is 0 Å². The van der Waals surface area contributed by atoms with E-state index in [1.54, 1.807) is 4.90 Å². The minimum absolute atomic E-state index is 0.0910. The lowest BCUT2D eigenvalue weighted by Gasteiger charge is -2.33. The second kappa shape index (κ2) is 14.1. The highest BCUT2D eigenvalue weighted by Crippen LogP contribution is 2.35. The maximum Gasteiger partial charge on any atom is 0.319 e. The van der Waals surface area contributed by atoms with Crippen molar-refractivity contribution in [1.29, 1.82) is 0 Å². The Balaban J connectivity index is 1.19. The second-order valence-corrected chi connectivity index (χ2v) is 8.40. The molecule has 11 heteroatoms. The standard InChI is InChI=1S/C22H37NO10/c1-26-17(24)11-23(12-18(25)27-2)9-7-5-3-4-6-8-10-28-13-16-19-20(30-14-29-16)21-22(33-19)32-15-31-21/h16,19-22H,3-15H2,1-2H3/t16-,19-,20+,21-,22+/m1/s1. The summed E-state index contributed by atoms with van der Waals surface area (Å²) in [5, 5.41) is 0. The highest BCUT2D eigenvalue weighted by atomic mass is 16.8. The van der Waals surface area contributed by atoms with Gasteiger partial charge in [-0.05, 0) is 19.4 Å². The molecule has 0 bridgehead atoms. The van der Waals surface area contributed by atoms with Crippen molar-refractivity contribution >= 4 is 11.9 Å². The van der Waals surface area contributed by atoms with Crippen LogP contribution in [0.3, 0.4) is 0 Å². The molecule has 0 aromatic rings. The molecule has 3 aliphatic heterocycles. The van der Waals surface area contributed by atoms with Gasteiger partial charge in [0, 0.05) is 6.61 Å². The molecule has 5 atom stereocenters. The first-order valence-electron chi connectivity index (χ1n) is 11.7. The quantitative estimate of drug-likeness (QED) is 0.248. The molecule has 0 unspecified atom stereocenters.